The molecule has 1 saturated heterocycles. The summed E-state index contributed by atoms with van der Waals surface area (Å²) in [5.41, 5.74) is 10.3. The van der Waals surface area contributed by atoms with Gasteiger partial charge < -0.3 is 10.6 Å². The minimum atomic E-state index is 0.169. The molecule has 2 N–H and O–H groups in total. The molecule has 0 aliphatic carbocycles. The number of rotatable bonds is 7. The fourth-order valence-electron chi connectivity index (χ4n) is 4.44. The lowest BCUT2D eigenvalue weighted by Crippen LogP contribution is -2.39. The number of carbonyl (C=O) groups excluding carboxylic acids is 1. The smallest absolute Gasteiger partial charge is 0.222 e. The van der Waals surface area contributed by atoms with Crippen LogP contribution < -0.4 is 5.73 Å². The summed E-state index contributed by atoms with van der Waals surface area (Å²) < 4.78 is 1.66. The summed E-state index contributed by atoms with van der Waals surface area (Å²) in [7, 11) is 0. The maximum Gasteiger partial charge on any atom is 0.222 e. The number of aliphatic imine (C=N–C) groups is 1. The molecule has 0 aromatic carbocycles. The molecule has 34 heavy (non-hydrogen) atoms. The highest BCUT2D eigenvalue weighted by Crippen LogP contribution is 2.23. The molecule has 178 valence electrons. The van der Waals surface area contributed by atoms with Crippen molar-refractivity contribution in [1.29, 1.82) is 0 Å². The molecule has 1 aliphatic rings. The van der Waals surface area contributed by atoms with Crippen molar-refractivity contribution in [2.24, 2.45) is 16.6 Å². The predicted molar refractivity (Wildman–Crippen MR) is 132 cm³/mol. The molecule has 4 rings (SSSR count). The Morgan fingerprint density at radius 1 is 1.12 bits per heavy atom. The van der Waals surface area contributed by atoms with Gasteiger partial charge in [0.05, 0.1) is 0 Å². The Labute approximate surface area is 199 Å². The van der Waals surface area contributed by atoms with Gasteiger partial charge in [0.1, 0.15) is 0 Å². The molecule has 9 heteroatoms. The van der Waals surface area contributed by atoms with E-state index in [-0.39, 0.29) is 5.91 Å². The summed E-state index contributed by atoms with van der Waals surface area (Å²) in [5, 5.41) is 12.6. The summed E-state index contributed by atoms with van der Waals surface area (Å²) in [6.45, 7) is 7.20. The minimum absolute atomic E-state index is 0.169. The van der Waals surface area contributed by atoms with Crippen molar-refractivity contribution in [3.05, 3.63) is 59.3 Å². The minimum Gasteiger partial charge on any atom is -0.402 e. The lowest BCUT2D eigenvalue weighted by atomic mass is 9.91. The first-order valence-corrected chi connectivity index (χ1v) is 11.8. The first-order valence-electron chi connectivity index (χ1n) is 11.8. The van der Waals surface area contributed by atoms with Crippen molar-refractivity contribution in [1.82, 2.24) is 29.7 Å². The summed E-state index contributed by atoms with van der Waals surface area (Å²) in [5.74, 6) is 1.99. The van der Waals surface area contributed by atoms with Gasteiger partial charge in [0.25, 0.3) is 0 Å². The van der Waals surface area contributed by atoms with Crippen molar-refractivity contribution < 1.29 is 4.79 Å². The molecule has 0 atom stereocenters. The summed E-state index contributed by atoms with van der Waals surface area (Å²) in [6.07, 6.45) is 5.81. The Morgan fingerprint density at radius 2 is 1.91 bits per heavy atom. The molecular weight excluding hydrogens is 428 g/mol. The van der Waals surface area contributed by atoms with E-state index < -0.39 is 0 Å². The van der Waals surface area contributed by atoms with Gasteiger partial charge >= 0.3 is 0 Å². The molecule has 0 bridgehead atoms. The third kappa shape index (κ3) is 5.65. The van der Waals surface area contributed by atoms with E-state index >= 15 is 0 Å². The molecule has 3 aromatic rings. The van der Waals surface area contributed by atoms with E-state index in [4.69, 9.17) is 5.73 Å². The van der Waals surface area contributed by atoms with Gasteiger partial charge in [-0.05, 0) is 82.2 Å². The van der Waals surface area contributed by atoms with Gasteiger partial charge in [-0.2, -0.15) is 4.52 Å². The average molecular weight is 461 g/mol. The third-order valence-corrected chi connectivity index (χ3v) is 6.38. The molecule has 1 fully saturated rings. The Kier molecular flexibility index (Phi) is 7.30. The maximum absolute atomic E-state index is 12.9. The predicted octanol–water partition coefficient (Wildman–Crippen LogP) is 3.41. The van der Waals surface area contributed by atoms with Gasteiger partial charge in [0, 0.05) is 42.8 Å². The summed E-state index contributed by atoms with van der Waals surface area (Å²) >= 11 is 0. The van der Waals surface area contributed by atoms with Crippen LogP contribution in [0.2, 0.25) is 0 Å². The van der Waals surface area contributed by atoms with Gasteiger partial charge in [-0.15, -0.1) is 15.3 Å². The number of likely N-dealkylation sites (tertiary alicyclic amines) is 1. The van der Waals surface area contributed by atoms with Crippen molar-refractivity contribution in [2.45, 2.75) is 52.9 Å². The van der Waals surface area contributed by atoms with Gasteiger partial charge in [0.2, 0.25) is 5.91 Å². The first kappa shape index (κ1) is 23.5. The van der Waals surface area contributed by atoms with Crippen LogP contribution in [0.1, 0.15) is 51.0 Å². The number of hydrogen-bond acceptors (Lipinski definition) is 7. The van der Waals surface area contributed by atoms with Crippen molar-refractivity contribution in [3.8, 4) is 0 Å². The zero-order valence-corrected chi connectivity index (χ0v) is 20.1. The number of amides is 1. The van der Waals surface area contributed by atoms with E-state index in [0.717, 1.165) is 49.3 Å². The van der Waals surface area contributed by atoms with Crippen LogP contribution in [-0.2, 0) is 11.2 Å². The highest BCUT2D eigenvalue weighted by molar-refractivity contribution is 6.00. The van der Waals surface area contributed by atoms with Crippen molar-refractivity contribution in [3.63, 3.8) is 0 Å². The number of hydrogen-bond donors (Lipinski definition) is 1. The number of fused-ring (bicyclic) bond motifs is 1. The van der Waals surface area contributed by atoms with Crippen LogP contribution in [0.3, 0.4) is 0 Å². The number of aromatic nitrogens is 5. The molecular formula is C25H32N8O. The Morgan fingerprint density at radius 3 is 2.62 bits per heavy atom. The van der Waals surface area contributed by atoms with E-state index in [2.05, 4.69) is 31.3 Å². The van der Waals surface area contributed by atoms with Crippen LogP contribution in [0.5, 0.6) is 0 Å². The number of nitrogens with two attached hydrogens (primary N) is 1. The van der Waals surface area contributed by atoms with Crippen LogP contribution in [0, 0.1) is 12.8 Å². The van der Waals surface area contributed by atoms with Crippen LogP contribution >= 0.6 is 0 Å². The molecule has 9 nitrogen and oxygen atoms in total. The van der Waals surface area contributed by atoms with Crippen LogP contribution in [0.15, 0.2) is 52.8 Å². The van der Waals surface area contributed by atoms with E-state index in [1.54, 1.807) is 10.6 Å². The molecule has 1 aliphatic heterocycles. The monoisotopic (exact) mass is 460 g/mol. The average Bonchev–Trinajstić information content (AvgIpc) is 3.20. The third-order valence-electron chi connectivity index (χ3n) is 6.38. The van der Waals surface area contributed by atoms with E-state index in [0.29, 0.717) is 41.7 Å². The standard InChI is InChI=1S/C25H32N8O/c1-17(26)22(18(2)28-23-8-9-24-30-29-19(3)33(24)31-23)7-10-25(34)32-14-11-20(12-15-32)16-21-6-4-5-13-27-21/h4-6,8-9,13,20H,7,10-12,14-16,26H2,1-3H3. The molecule has 0 radical (unpaired) electrons. The number of aryl methyl sites for hydroxylation is 1. The lowest BCUT2D eigenvalue weighted by Gasteiger charge is -2.32. The molecule has 0 saturated carbocycles. The van der Waals surface area contributed by atoms with Gasteiger partial charge in [-0.25, -0.2) is 4.99 Å². The summed E-state index contributed by atoms with van der Waals surface area (Å²) in [4.78, 5) is 24.0. The van der Waals surface area contributed by atoms with Crippen LogP contribution in [0.25, 0.3) is 5.65 Å². The number of piperidine rings is 1. The lowest BCUT2D eigenvalue weighted by molar-refractivity contribution is -0.132. The Hall–Kier alpha value is -3.62. The number of pyridine rings is 1. The quantitative estimate of drug-likeness (QED) is 0.540. The molecule has 1 amide bonds. The van der Waals surface area contributed by atoms with Crippen molar-refractivity contribution in [2.75, 3.05) is 13.1 Å². The Bertz CT molecular complexity index is 1200. The van der Waals surface area contributed by atoms with E-state index in [1.165, 1.54) is 0 Å². The molecule has 0 unspecified atom stereocenters. The van der Waals surface area contributed by atoms with Gasteiger partial charge in [-0.1, -0.05) is 6.07 Å². The second kappa shape index (κ2) is 10.5. The van der Waals surface area contributed by atoms with Crippen LogP contribution in [-0.4, -0.2) is 54.4 Å². The Balaban J connectivity index is 1.33. The largest absolute Gasteiger partial charge is 0.402 e. The fourth-order valence-corrected chi connectivity index (χ4v) is 4.44. The number of allylic oxidation sites excluding steroid dienone is 2. The van der Waals surface area contributed by atoms with Crippen molar-refractivity contribution >= 4 is 23.1 Å². The maximum atomic E-state index is 12.9. The SMILES string of the molecule is CC(=Nc1ccc2nnc(C)n2n1)C(CCC(=O)N1CCC(Cc2ccccn2)CC1)=C(C)N. The van der Waals surface area contributed by atoms with E-state index in [9.17, 15) is 4.79 Å². The topological polar surface area (TPSA) is 115 Å². The summed E-state index contributed by atoms with van der Waals surface area (Å²) in [6, 6.07) is 9.68. The highest BCUT2D eigenvalue weighted by atomic mass is 16.2. The zero-order valence-electron chi connectivity index (χ0n) is 20.1. The molecule has 0 spiro atoms. The zero-order chi connectivity index (χ0) is 24.1. The highest BCUT2D eigenvalue weighted by Gasteiger charge is 2.23. The second-order valence-corrected chi connectivity index (χ2v) is 8.92. The van der Waals surface area contributed by atoms with Crippen LogP contribution in [0.4, 0.5) is 5.82 Å². The fraction of sp³-hybridized carbons (Fsp3) is 0.440. The molecule has 3 aromatic heterocycles. The van der Waals surface area contributed by atoms with E-state index in [1.807, 2.05) is 50.1 Å². The molecule has 4 heterocycles. The first-order chi connectivity index (χ1) is 16.4. The number of nitrogens with zero attached hydrogens (tertiary/aromatic N) is 7. The second-order valence-electron chi connectivity index (χ2n) is 8.92. The normalized spacial score (nSPS) is 16.1. The van der Waals surface area contributed by atoms with Gasteiger partial charge in [-0.3, -0.25) is 9.78 Å². The van der Waals surface area contributed by atoms with Gasteiger partial charge in [0.15, 0.2) is 17.3 Å². The number of carbonyl (C=O) groups is 1.